The molecular formula is C9H11ClN2O. The SMILES string of the molecule is COCc1nc2ccccc2[nH]1.Cl. The molecule has 0 spiro atoms. The number of nitrogens with one attached hydrogen (secondary N) is 1. The second-order valence-electron chi connectivity index (χ2n) is 2.63. The second kappa shape index (κ2) is 4.25. The first kappa shape index (κ1) is 10.0. The number of rotatable bonds is 2. The predicted octanol–water partition coefficient (Wildman–Crippen LogP) is 2.13. The number of imidazole rings is 1. The summed E-state index contributed by atoms with van der Waals surface area (Å²) in [6, 6.07) is 7.93. The molecule has 0 atom stereocenters. The predicted molar refractivity (Wildman–Crippen MR) is 54.1 cm³/mol. The number of ether oxygens (including phenoxy) is 1. The molecule has 1 aromatic heterocycles. The fourth-order valence-corrected chi connectivity index (χ4v) is 1.21. The number of para-hydroxylation sites is 2. The Kier molecular flexibility index (Phi) is 3.28. The maximum atomic E-state index is 4.96. The molecule has 2 rings (SSSR count). The second-order valence-corrected chi connectivity index (χ2v) is 2.63. The molecule has 0 amide bonds. The van der Waals surface area contributed by atoms with Gasteiger partial charge in [0.2, 0.25) is 0 Å². The van der Waals surface area contributed by atoms with E-state index in [0.29, 0.717) is 6.61 Å². The molecule has 0 bridgehead atoms. The Bertz CT molecular complexity index is 353. The summed E-state index contributed by atoms with van der Waals surface area (Å²) in [6.07, 6.45) is 0. The van der Waals surface area contributed by atoms with Gasteiger partial charge < -0.3 is 9.72 Å². The summed E-state index contributed by atoms with van der Waals surface area (Å²) < 4.78 is 4.96. The Labute approximate surface area is 82.5 Å². The molecular weight excluding hydrogens is 188 g/mol. The third kappa shape index (κ3) is 1.99. The Morgan fingerprint density at radius 1 is 1.38 bits per heavy atom. The molecule has 1 N–H and O–H groups in total. The first-order valence-electron chi connectivity index (χ1n) is 3.83. The molecule has 2 aromatic rings. The minimum absolute atomic E-state index is 0. The Balaban J connectivity index is 0.000000845. The smallest absolute Gasteiger partial charge is 0.133 e. The summed E-state index contributed by atoms with van der Waals surface area (Å²) in [4.78, 5) is 7.48. The van der Waals surface area contributed by atoms with Crippen molar-refractivity contribution in [1.82, 2.24) is 9.97 Å². The van der Waals surface area contributed by atoms with Crippen LogP contribution in [-0.2, 0) is 11.3 Å². The molecule has 4 heteroatoms. The normalized spacial score (nSPS) is 9.92. The van der Waals surface area contributed by atoms with Crippen LogP contribution in [0.1, 0.15) is 5.82 Å². The minimum atomic E-state index is 0. The fourth-order valence-electron chi connectivity index (χ4n) is 1.21. The molecule has 13 heavy (non-hydrogen) atoms. The standard InChI is InChI=1S/C9H10N2O.ClH/c1-12-6-9-10-7-4-2-3-5-8(7)11-9;/h2-5H,6H2,1H3,(H,10,11);1H. The van der Waals surface area contributed by atoms with Gasteiger partial charge in [-0.15, -0.1) is 12.4 Å². The zero-order chi connectivity index (χ0) is 8.39. The highest BCUT2D eigenvalue weighted by Gasteiger charge is 1.99. The number of hydrogen-bond acceptors (Lipinski definition) is 2. The maximum Gasteiger partial charge on any atom is 0.133 e. The Morgan fingerprint density at radius 2 is 2.15 bits per heavy atom. The quantitative estimate of drug-likeness (QED) is 0.803. The van der Waals surface area contributed by atoms with Crippen LogP contribution in [0.25, 0.3) is 11.0 Å². The highest BCUT2D eigenvalue weighted by atomic mass is 35.5. The summed E-state index contributed by atoms with van der Waals surface area (Å²) in [5.74, 6) is 0.874. The molecule has 3 nitrogen and oxygen atoms in total. The van der Waals surface area contributed by atoms with Crippen molar-refractivity contribution in [2.24, 2.45) is 0 Å². The van der Waals surface area contributed by atoms with Gasteiger partial charge in [-0.1, -0.05) is 12.1 Å². The van der Waals surface area contributed by atoms with Crippen molar-refractivity contribution >= 4 is 23.4 Å². The van der Waals surface area contributed by atoms with E-state index in [4.69, 9.17) is 4.74 Å². The van der Waals surface area contributed by atoms with Crippen LogP contribution in [0.5, 0.6) is 0 Å². The molecule has 0 saturated heterocycles. The van der Waals surface area contributed by atoms with Crippen LogP contribution in [0, 0.1) is 0 Å². The van der Waals surface area contributed by atoms with E-state index in [0.717, 1.165) is 16.9 Å². The van der Waals surface area contributed by atoms with Crippen LogP contribution in [0.3, 0.4) is 0 Å². The van der Waals surface area contributed by atoms with Gasteiger partial charge in [0.25, 0.3) is 0 Å². The summed E-state index contributed by atoms with van der Waals surface area (Å²) >= 11 is 0. The first-order valence-corrected chi connectivity index (χ1v) is 3.83. The van der Waals surface area contributed by atoms with Crippen LogP contribution in [0.2, 0.25) is 0 Å². The van der Waals surface area contributed by atoms with Crippen LogP contribution in [0.15, 0.2) is 24.3 Å². The summed E-state index contributed by atoms with van der Waals surface area (Å²) in [5, 5.41) is 0. The molecule has 0 aliphatic rings. The summed E-state index contributed by atoms with van der Waals surface area (Å²) in [6.45, 7) is 0.536. The highest BCUT2D eigenvalue weighted by molar-refractivity contribution is 5.85. The number of hydrogen-bond donors (Lipinski definition) is 1. The number of H-pyrrole nitrogens is 1. The number of methoxy groups -OCH3 is 1. The lowest BCUT2D eigenvalue weighted by Crippen LogP contribution is -1.88. The molecule has 0 fully saturated rings. The topological polar surface area (TPSA) is 37.9 Å². The van der Waals surface area contributed by atoms with Gasteiger partial charge >= 0.3 is 0 Å². The van der Waals surface area contributed by atoms with Crippen molar-refractivity contribution in [3.05, 3.63) is 30.1 Å². The maximum absolute atomic E-state index is 4.96. The highest BCUT2D eigenvalue weighted by Crippen LogP contribution is 2.10. The van der Waals surface area contributed by atoms with Crippen LogP contribution < -0.4 is 0 Å². The zero-order valence-electron chi connectivity index (χ0n) is 7.28. The zero-order valence-corrected chi connectivity index (χ0v) is 8.10. The van der Waals surface area contributed by atoms with Gasteiger partial charge in [-0.25, -0.2) is 4.98 Å². The van der Waals surface area contributed by atoms with Crippen LogP contribution in [0.4, 0.5) is 0 Å². The molecule has 0 saturated carbocycles. The van der Waals surface area contributed by atoms with Crippen LogP contribution in [-0.4, -0.2) is 17.1 Å². The van der Waals surface area contributed by atoms with E-state index in [1.165, 1.54) is 0 Å². The fraction of sp³-hybridized carbons (Fsp3) is 0.222. The minimum Gasteiger partial charge on any atom is -0.377 e. The van der Waals surface area contributed by atoms with Crippen molar-refractivity contribution in [1.29, 1.82) is 0 Å². The van der Waals surface area contributed by atoms with Crippen molar-refractivity contribution in [3.8, 4) is 0 Å². The van der Waals surface area contributed by atoms with Crippen molar-refractivity contribution in [3.63, 3.8) is 0 Å². The number of fused-ring (bicyclic) bond motifs is 1. The van der Waals surface area contributed by atoms with Crippen molar-refractivity contribution in [2.45, 2.75) is 6.61 Å². The molecule has 70 valence electrons. The first-order chi connectivity index (χ1) is 5.90. The number of halogens is 1. The van der Waals surface area contributed by atoms with E-state index in [9.17, 15) is 0 Å². The molecule has 1 heterocycles. The average Bonchev–Trinajstić information content (AvgIpc) is 2.47. The van der Waals surface area contributed by atoms with Gasteiger partial charge in [-0.05, 0) is 12.1 Å². The van der Waals surface area contributed by atoms with E-state index in [2.05, 4.69) is 9.97 Å². The molecule has 0 aliphatic heterocycles. The Hall–Kier alpha value is -1.06. The number of benzene rings is 1. The van der Waals surface area contributed by atoms with E-state index < -0.39 is 0 Å². The van der Waals surface area contributed by atoms with Crippen molar-refractivity contribution in [2.75, 3.05) is 7.11 Å². The number of aromatic nitrogens is 2. The van der Waals surface area contributed by atoms with Gasteiger partial charge in [0, 0.05) is 7.11 Å². The average molecular weight is 199 g/mol. The Morgan fingerprint density at radius 3 is 2.85 bits per heavy atom. The molecule has 0 aliphatic carbocycles. The van der Waals surface area contributed by atoms with Crippen LogP contribution >= 0.6 is 12.4 Å². The lowest BCUT2D eigenvalue weighted by Gasteiger charge is -1.89. The van der Waals surface area contributed by atoms with E-state index in [1.54, 1.807) is 7.11 Å². The number of aromatic amines is 1. The lowest BCUT2D eigenvalue weighted by molar-refractivity contribution is 0.179. The summed E-state index contributed by atoms with van der Waals surface area (Å²) in [7, 11) is 1.66. The van der Waals surface area contributed by atoms with E-state index >= 15 is 0 Å². The van der Waals surface area contributed by atoms with Gasteiger partial charge in [-0.2, -0.15) is 0 Å². The van der Waals surface area contributed by atoms with E-state index in [-0.39, 0.29) is 12.4 Å². The molecule has 0 unspecified atom stereocenters. The lowest BCUT2D eigenvalue weighted by atomic mass is 10.3. The van der Waals surface area contributed by atoms with Gasteiger partial charge in [0.05, 0.1) is 11.0 Å². The molecule has 0 radical (unpaired) electrons. The third-order valence-electron chi connectivity index (χ3n) is 1.72. The third-order valence-corrected chi connectivity index (χ3v) is 1.72. The largest absolute Gasteiger partial charge is 0.377 e. The van der Waals surface area contributed by atoms with Gasteiger partial charge in [-0.3, -0.25) is 0 Å². The van der Waals surface area contributed by atoms with Crippen molar-refractivity contribution < 1.29 is 4.74 Å². The van der Waals surface area contributed by atoms with Gasteiger partial charge in [0.1, 0.15) is 12.4 Å². The van der Waals surface area contributed by atoms with E-state index in [1.807, 2.05) is 24.3 Å². The number of nitrogens with zero attached hydrogens (tertiary/aromatic N) is 1. The molecule has 1 aromatic carbocycles. The monoisotopic (exact) mass is 198 g/mol. The summed E-state index contributed by atoms with van der Waals surface area (Å²) in [5.41, 5.74) is 2.05. The van der Waals surface area contributed by atoms with Gasteiger partial charge in [0.15, 0.2) is 0 Å².